The second-order valence-corrected chi connectivity index (χ2v) is 7.24. The van der Waals surface area contributed by atoms with Crippen LogP contribution >= 0.6 is 0 Å². The van der Waals surface area contributed by atoms with Crippen LogP contribution in [0.2, 0.25) is 0 Å². The summed E-state index contributed by atoms with van der Waals surface area (Å²) in [5, 5.41) is 3.32. The number of rotatable bonds is 4. The highest BCUT2D eigenvalue weighted by atomic mass is 19.1. The summed E-state index contributed by atoms with van der Waals surface area (Å²) in [6.07, 6.45) is 1.45. The van der Waals surface area contributed by atoms with Crippen LogP contribution in [0.5, 0.6) is 0 Å². The van der Waals surface area contributed by atoms with E-state index in [4.69, 9.17) is 4.74 Å². The van der Waals surface area contributed by atoms with E-state index in [1.54, 1.807) is 14.1 Å². The summed E-state index contributed by atoms with van der Waals surface area (Å²) in [5.41, 5.74) is 1.18. The second-order valence-electron chi connectivity index (χ2n) is 7.24. The van der Waals surface area contributed by atoms with Crippen LogP contribution in [-0.2, 0) is 22.5 Å². The number of carbonyl (C=O) groups is 1. The molecule has 0 aliphatic carbocycles. The van der Waals surface area contributed by atoms with Crippen molar-refractivity contribution in [2.24, 2.45) is 10.9 Å². The molecule has 1 N–H and O–H groups in total. The second kappa shape index (κ2) is 8.65. The number of carbonyl (C=O) groups excluding carboxylic acids is 1. The molecule has 0 saturated carbocycles. The molecule has 27 heavy (non-hydrogen) atoms. The van der Waals surface area contributed by atoms with Crippen molar-refractivity contribution in [1.82, 2.24) is 15.1 Å². The molecule has 2 heterocycles. The Bertz CT molecular complexity index is 718. The topological polar surface area (TPSA) is 57.2 Å². The van der Waals surface area contributed by atoms with Gasteiger partial charge in [-0.25, -0.2) is 13.8 Å². The van der Waals surface area contributed by atoms with Crippen LogP contribution in [0, 0.1) is 17.6 Å². The first-order chi connectivity index (χ1) is 12.9. The third-order valence-electron chi connectivity index (χ3n) is 4.98. The third-order valence-corrected chi connectivity index (χ3v) is 4.98. The SMILES string of the molecule is CN(C)C(=O)CN=C(NCC1CCOC1)N1CCc2c(F)cc(F)cc2C1. The number of amides is 1. The molecule has 1 amide bonds. The van der Waals surface area contributed by atoms with Crippen LogP contribution in [0.1, 0.15) is 17.5 Å². The molecule has 1 saturated heterocycles. The standard InChI is InChI=1S/C19H26F2N4O2/c1-24(2)18(26)10-23-19(22-9-13-4-6-27-12-13)25-5-3-16-14(11-25)7-15(20)8-17(16)21/h7-8,13H,3-6,9-12H2,1-2H3,(H,22,23). The smallest absolute Gasteiger partial charge is 0.243 e. The lowest BCUT2D eigenvalue weighted by atomic mass is 9.99. The first-order valence-electron chi connectivity index (χ1n) is 9.22. The molecule has 1 atom stereocenters. The molecule has 2 aliphatic rings. The predicted molar refractivity (Wildman–Crippen MR) is 98.4 cm³/mol. The van der Waals surface area contributed by atoms with E-state index < -0.39 is 11.6 Å². The van der Waals surface area contributed by atoms with Crippen molar-refractivity contribution in [2.45, 2.75) is 19.4 Å². The van der Waals surface area contributed by atoms with E-state index in [-0.39, 0.29) is 12.5 Å². The number of fused-ring (bicyclic) bond motifs is 1. The van der Waals surface area contributed by atoms with Crippen LogP contribution in [0.15, 0.2) is 17.1 Å². The van der Waals surface area contributed by atoms with Gasteiger partial charge in [-0.2, -0.15) is 0 Å². The molecule has 0 spiro atoms. The van der Waals surface area contributed by atoms with Gasteiger partial charge in [-0.1, -0.05) is 0 Å². The molecule has 1 aromatic rings. The summed E-state index contributed by atoms with van der Waals surface area (Å²) in [6.45, 7) is 3.09. The fourth-order valence-corrected chi connectivity index (χ4v) is 3.32. The first kappa shape index (κ1) is 19.5. The maximum Gasteiger partial charge on any atom is 0.243 e. The lowest BCUT2D eigenvalue weighted by Gasteiger charge is -2.32. The van der Waals surface area contributed by atoms with Gasteiger partial charge in [0.1, 0.15) is 18.2 Å². The van der Waals surface area contributed by atoms with E-state index in [1.807, 2.05) is 4.90 Å². The van der Waals surface area contributed by atoms with Crippen molar-refractivity contribution in [3.63, 3.8) is 0 Å². The van der Waals surface area contributed by atoms with Crippen molar-refractivity contribution in [2.75, 3.05) is 46.9 Å². The van der Waals surface area contributed by atoms with Gasteiger partial charge in [0.25, 0.3) is 0 Å². The van der Waals surface area contributed by atoms with Crippen molar-refractivity contribution in [3.8, 4) is 0 Å². The minimum Gasteiger partial charge on any atom is -0.381 e. The van der Waals surface area contributed by atoms with Crippen molar-refractivity contribution >= 4 is 11.9 Å². The van der Waals surface area contributed by atoms with Gasteiger partial charge in [0.15, 0.2) is 5.96 Å². The van der Waals surface area contributed by atoms with Gasteiger partial charge in [0, 0.05) is 52.3 Å². The Labute approximate surface area is 158 Å². The fraction of sp³-hybridized carbons (Fsp3) is 0.579. The zero-order valence-electron chi connectivity index (χ0n) is 15.8. The van der Waals surface area contributed by atoms with Crippen LogP contribution in [0.4, 0.5) is 8.78 Å². The minimum atomic E-state index is -0.578. The number of nitrogens with one attached hydrogen (secondary N) is 1. The monoisotopic (exact) mass is 380 g/mol. The molecule has 1 unspecified atom stereocenters. The van der Waals surface area contributed by atoms with Crippen LogP contribution < -0.4 is 5.32 Å². The molecule has 0 aromatic heterocycles. The minimum absolute atomic E-state index is 0.0252. The molecular formula is C19H26F2N4O2. The number of benzene rings is 1. The largest absolute Gasteiger partial charge is 0.381 e. The molecule has 2 aliphatic heterocycles. The van der Waals surface area contributed by atoms with Gasteiger partial charge >= 0.3 is 0 Å². The molecule has 1 fully saturated rings. The van der Waals surface area contributed by atoms with Crippen LogP contribution in [-0.4, -0.2) is 68.6 Å². The van der Waals surface area contributed by atoms with Gasteiger partial charge in [-0.3, -0.25) is 4.79 Å². The number of halogens is 2. The quantitative estimate of drug-likeness (QED) is 0.634. The van der Waals surface area contributed by atoms with Gasteiger partial charge in [0.2, 0.25) is 5.91 Å². The maximum absolute atomic E-state index is 14.0. The first-order valence-corrected chi connectivity index (χ1v) is 9.22. The number of likely N-dealkylation sites (N-methyl/N-ethyl adjacent to an activating group) is 1. The number of guanidine groups is 1. The Morgan fingerprint density at radius 2 is 2.22 bits per heavy atom. The molecule has 3 rings (SSSR count). The van der Waals surface area contributed by atoms with Crippen molar-refractivity contribution in [3.05, 3.63) is 34.9 Å². The Kier molecular flexibility index (Phi) is 6.26. The molecule has 148 valence electrons. The van der Waals surface area contributed by atoms with E-state index >= 15 is 0 Å². The number of nitrogens with zero attached hydrogens (tertiary/aromatic N) is 3. The fourth-order valence-electron chi connectivity index (χ4n) is 3.32. The summed E-state index contributed by atoms with van der Waals surface area (Å²) >= 11 is 0. The highest BCUT2D eigenvalue weighted by molar-refractivity contribution is 5.85. The van der Waals surface area contributed by atoms with E-state index in [2.05, 4.69) is 10.3 Å². The molecule has 8 heteroatoms. The summed E-state index contributed by atoms with van der Waals surface area (Å²) in [5.74, 6) is -0.195. The number of ether oxygens (including phenoxy) is 1. The van der Waals surface area contributed by atoms with E-state index in [0.29, 0.717) is 55.7 Å². The summed E-state index contributed by atoms with van der Waals surface area (Å²) in [6, 6.07) is 2.30. The molecule has 0 bridgehead atoms. The number of aliphatic imine (C=N–C) groups is 1. The zero-order chi connectivity index (χ0) is 19.4. The lowest BCUT2D eigenvalue weighted by molar-refractivity contribution is -0.127. The Balaban J connectivity index is 1.74. The highest BCUT2D eigenvalue weighted by Gasteiger charge is 2.24. The number of hydrogen-bond donors (Lipinski definition) is 1. The van der Waals surface area contributed by atoms with Gasteiger partial charge in [-0.15, -0.1) is 0 Å². The van der Waals surface area contributed by atoms with Gasteiger partial charge in [-0.05, 0) is 30.0 Å². The predicted octanol–water partition coefficient (Wildman–Crippen LogP) is 1.39. The van der Waals surface area contributed by atoms with Gasteiger partial charge < -0.3 is 19.9 Å². The highest BCUT2D eigenvalue weighted by Crippen LogP contribution is 2.23. The molecular weight excluding hydrogens is 354 g/mol. The molecule has 0 radical (unpaired) electrons. The van der Waals surface area contributed by atoms with Crippen LogP contribution in [0.25, 0.3) is 0 Å². The lowest BCUT2D eigenvalue weighted by Crippen LogP contribution is -2.46. The molecule has 6 nitrogen and oxygen atoms in total. The zero-order valence-corrected chi connectivity index (χ0v) is 15.8. The number of hydrogen-bond acceptors (Lipinski definition) is 3. The van der Waals surface area contributed by atoms with Crippen molar-refractivity contribution in [1.29, 1.82) is 0 Å². The van der Waals surface area contributed by atoms with Crippen molar-refractivity contribution < 1.29 is 18.3 Å². The normalized spacial score (nSPS) is 19.8. The Morgan fingerprint density at radius 3 is 2.93 bits per heavy atom. The summed E-state index contributed by atoms with van der Waals surface area (Å²) < 4.78 is 33.0. The Morgan fingerprint density at radius 1 is 1.41 bits per heavy atom. The average molecular weight is 380 g/mol. The summed E-state index contributed by atoms with van der Waals surface area (Å²) in [4.78, 5) is 19.8. The van der Waals surface area contributed by atoms with Crippen LogP contribution in [0.3, 0.4) is 0 Å². The third kappa shape index (κ3) is 4.94. The molecule has 1 aromatic carbocycles. The maximum atomic E-state index is 14.0. The summed E-state index contributed by atoms with van der Waals surface area (Å²) in [7, 11) is 3.37. The van der Waals surface area contributed by atoms with E-state index in [9.17, 15) is 13.6 Å². The van der Waals surface area contributed by atoms with Gasteiger partial charge in [0.05, 0.1) is 6.61 Å². The van der Waals surface area contributed by atoms with E-state index in [0.717, 1.165) is 19.1 Å². The average Bonchev–Trinajstić information content (AvgIpc) is 3.14. The van der Waals surface area contributed by atoms with E-state index in [1.165, 1.54) is 11.0 Å². The Hall–Kier alpha value is -2.22.